The Hall–Kier alpha value is -2.12. The molecule has 108 valence electrons. The molecule has 0 aromatic heterocycles. The van der Waals surface area contributed by atoms with Gasteiger partial charge in [0.15, 0.2) is 0 Å². The molecule has 0 spiro atoms. The Balaban J connectivity index is 4.80. The van der Waals surface area contributed by atoms with E-state index in [4.69, 9.17) is 10.8 Å². The van der Waals surface area contributed by atoms with Crippen LogP contribution in [0.25, 0.3) is 0 Å². The zero-order valence-electron chi connectivity index (χ0n) is 11.1. The van der Waals surface area contributed by atoms with Crippen molar-refractivity contribution in [2.75, 3.05) is 0 Å². The summed E-state index contributed by atoms with van der Waals surface area (Å²) in [5.41, 5.74) is 5.01. The number of rotatable bonds is 7. The Bertz CT molecular complexity index is 381. The van der Waals surface area contributed by atoms with Crippen LogP contribution in [0, 0.1) is 5.92 Å². The zero-order valence-corrected chi connectivity index (χ0v) is 11.1. The molecule has 0 rings (SSSR count). The lowest BCUT2D eigenvalue weighted by Gasteiger charge is -2.23. The van der Waals surface area contributed by atoms with E-state index in [1.165, 1.54) is 6.92 Å². The Labute approximate surface area is 110 Å². The van der Waals surface area contributed by atoms with Gasteiger partial charge in [-0.1, -0.05) is 13.8 Å². The van der Waals surface area contributed by atoms with E-state index in [1.54, 1.807) is 13.8 Å². The van der Waals surface area contributed by atoms with Gasteiger partial charge in [0.05, 0.1) is 6.42 Å². The van der Waals surface area contributed by atoms with Crippen LogP contribution in [0.15, 0.2) is 0 Å². The molecule has 8 nitrogen and oxygen atoms in total. The van der Waals surface area contributed by atoms with Gasteiger partial charge in [-0.25, -0.2) is 0 Å². The predicted molar refractivity (Wildman–Crippen MR) is 65.8 cm³/mol. The van der Waals surface area contributed by atoms with Gasteiger partial charge in [-0.3, -0.25) is 19.2 Å². The van der Waals surface area contributed by atoms with Gasteiger partial charge in [0.2, 0.25) is 17.7 Å². The fourth-order valence-corrected chi connectivity index (χ4v) is 1.41. The van der Waals surface area contributed by atoms with Crippen LogP contribution in [0.2, 0.25) is 0 Å². The van der Waals surface area contributed by atoms with Crippen LogP contribution in [0.3, 0.4) is 0 Å². The Morgan fingerprint density at radius 1 is 1.16 bits per heavy atom. The van der Waals surface area contributed by atoms with Crippen LogP contribution >= 0.6 is 0 Å². The van der Waals surface area contributed by atoms with Gasteiger partial charge in [-0.05, 0) is 5.92 Å². The average Bonchev–Trinajstić information content (AvgIpc) is 2.23. The number of nitrogens with one attached hydrogen (secondary N) is 2. The quantitative estimate of drug-likeness (QED) is 0.451. The van der Waals surface area contributed by atoms with E-state index in [9.17, 15) is 19.2 Å². The molecule has 0 aromatic carbocycles. The molecular formula is C11H19N3O5. The third-order valence-electron chi connectivity index (χ3n) is 2.35. The third kappa shape index (κ3) is 6.39. The highest BCUT2D eigenvalue weighted by atomic mass is 16.4. The summed E-state index contributed by atoms with van der Waals surface area (Å²) in [6, 6.07) is -2.16. The van der Waals surface area contributed by atoms with Gasteiger partial charge >= 0.3 is 5.97 Å². The molecule has 0 saturated carbocycles. The number of hydrogen-bond acceptors (Lipinski definition) is 4. The van der Waals surface area contributed by atoms with Crippen molar-refractivity contribution in [2.45, 2.75) is 39.3 Å². The number of carbonyl (C=O) groups is 4. The molecular weight excluding hydrogens is 254 g/mol. The number of carbonyl (C=O) groups excluding carboxylic acids is 3. The lowest BCUT2D eigenvalue weighted by molar-refractivity contribution is -0.140. The lowest BCUT2D eigenvalue weighted by Crippen LogP contribution is -2.54. The molecule has 0 fully saturated rings. The lowest BCUT2D eigenvalue weighted by atomic mass is 10.0. The second-order valence-corrected chi connectivity index (χ2v) is 4.48. The fourth-order valence-electron chi connectivity index (χ4n) is 1.41. The van der Waals surface area contributed by atoms with Crippen molar-refractivity contribution in [2.24, 2.45) is 11.7 Å². The van der Waals surface area contributed by atoms with Crippen LogP contribution in [0.5, 0.6) is 0 Å². The van der Waals surface area contributed by atoms with E-state index in [1.807, 2.05) is 0 Å². The number of primary amides is 1. The van der Waals surface area contributed by atoms with Crippen LogP contribution in [0.1, 0.15) is 27.2 Å². The Kier molecular flexibility index (Phi) is 6.53. The van der Waals surface area contributed by atoms with Crippen LogP contribution in [-0.4, -0.2) is 40.9 Å². The summed E-state index contributed by atoms with van der Waals surface area (Å²) in [7, 11) is 0. The molecule has 0 aromatic rings. The fraction of sp³-hybridized carbons (Fsp3) is 0.636. The summed E-state index contributed by atoms with van der Waals surface area (Å²) < 4.78 is 0. The smallest absolute Gasteiger partial charge is 0.305 e. The second-order valence-electron chi connectivity index (χ2n) is 4.48. The van der Waals surface area contributed by atoms with Crippen LogP contribution in [-0.2, 0) is 19.2 Å². The number of carboxylic acids is 1. The zero-order chi connectivity index (χ0) is 15.2. The average molecular weight is 273 g/mol. The highest BCUT2D eigenvalue weighted by molar-refractivity contribution is 5.93. The van der Waals surface area contributed by atoms with Crippen LogP contribution in [0.4, 0.5) is 0 Å². The highest BCUT2D eigenvalue weighted by Gasteiger charge is 2.28. The van der Waals surface area contributed by atoms with Crippen molar-refractivity contribution < 1.29 is 24.3 Å². The largest absolute Gasteiger partial charge is 0.481 e. The van der Waals surface area contributed by atoms with Crippen molar-refractivity contribution >= 4 is 23.7 Å². The first-order valence-electron chi connectivity index (χ1n) is 5.73. The summed E-state index contributed by atoms with van der Waals surface area (Å²) in [5, 5.41) is 13.3. The molecule has 0 saturated heterocycles. The first-order valence-corrected chi connectivity index (χ1v) is 5.73. The molecule has 0 unspecified atom stereocenters. The van der Waals surface area contributed by atoms with Crippen molar-refractivity contribution in [1.82, 2.24) is 10.6 Å². The third-order valence-corrected chi connectivity index (χ3v) is 2.35. The van der Waals surface area contributed by atoms with Gasteiger partial charge in [0.1, 0.15) is 12.1 Å². The number of nitrogens with two attached hydrogens (primary N) is 1. The van der Waals surface area contributed by atoms with E-state index in [0.717, 1.165) is 0 Å². The number of hydrogen-bond donors (Lipinski definition) is 4. The van der Waals surface area contributed by atoms with Gasteiger partial charge in [-0.2, -0.15) is 0 Å². The molecule has 19 heavy (non-hydrogen) atoms. The van der Waals surface area contributed by atoms with E-state index < -0.39 is 42.2 Å². The summed E-state index contributed by atoms with van der Waals surface area (Å²) in [5.74, 6) is -3.47. The molecule has 0 aliphatic carbocycles. The second kappa shape index (κ2) is 7.34. The van der Waals surface area contributed by atoms with Crippen LogP contribution < -0.4 is 16.4 Å². The van der Waals surface area contributed by atoms with Gasteiger partial charge in [0.25, 0.3) is 0 Å². The molecule has 5 N–H and O–H groups in total. The molecule has 0 aliphatic rings. The molecule has 8 heteroatoms. The Morgan fingerprint density at radius 3 is 2.00 bits per heavy atom. The maximum atomic E-state index is 11.9. The predicted octanol–water partition coefficient (Wildman–Crippen LogP) is -1.41. The minimum atomic E-state index is -1.31. The van der Waals surface area contributed by atoms with E-state index in [0.29, 0.717) is 0 Å². The number of amides is 3. The van der Waals surface area contributed by atoms with E-state index >= 15 is 0 Å². The summed E-state index contributed by atoms with van der Waals surface area (Å²) in [6.07, 6.45) is -0.605. The molecule has 3 amide bonds. The normalized spacial score (nSPS) is 13.5. The molecule has 0 radical (unpaired) electrons. The van der Waals surface area contributed by atoms with Crippen molar-refractivity contribution in [3.05, 3.63) is 0 Å². The maximum Gasteiger partial charge on any atom is 0.305 e. The van der Waals surface area contributed by atoms with Crippen molar-refractivity contribution in [1.29, 1.82) is 0 Å². The maximum absolute atomic E-state index is 11.9. The highest BCUT2D eigenvalue weighted by Crippen LogP contribution is 2.03. The first-order chi connectivity index (χ1) is 8.65. The number of carboxylic acid groups (broad SMARTS) is 1. The SMILES string of the molecule is CC(=O)N[C@@H](C(=O)N[C@@H](CC(=O)O)C(N)=O)C(C)C. The molecule has 0 aliphatic heterocycles. The van der Waals surface area contributed by atoms with Gasteiger partial charge < -0.3 is 21.5 Å². The van der Waals surface area contributed by atoms with Crippen molar-refractivity contribution in [3.63, 3.8) is 0 Å². The summed E-state index contributed by atoms with van der Waals surface area (Å²) >= 11 is 0. The van der Waals surface area contributed by atoms with Gasteiger partial charge in [-0.15, -0.1) is 0 Å². The van der Waals surface area contributed by atoms with E-state index in [-0.39, 0.29) is 5.92 Å². The molecule has 0 heterocycles. The topological polar surface area (TPSA) is 139 Å². The first kappa shape index (κ1) is 16.9. The summed E-state index contributed by atoms with van der Waals surface area (Å²) in [4.78, 5) is 44.5. The molecule has 2 atom stereocenters. The minimum absolute atomic E-state index is 0.220. The van der Waals surface area contributed by atoms with E-state index in [2.05, 4.69) is 10.6 Å². The minimum Gasteiger partial charge on any atom is -0.481 e. The standard InChI is InChI=1S/C11H19N3O5/c1-5(2)9(13-6(3)15)11(19)14-7(10(12)18)4-8(16)17/h5,7,9H,4H2,1-3H3,(H2,12,18)(H,13,15)(H,14,19)(H,16,17)/t7-,9+/m0/s1. The molecule has 0 bridgehead atoms. The summed E-state index contributed by atoms with van der Waals surface area (Å²) in [6.45, 7) is 4.67. The van der Waals surface area contributed by atoms with Crippen molar-refractivity contribution in [3.8, 4) is 0 Å². The number of aliphatic carboxylic acids is 1. The van der Waals surface area contributed by atoms with Gasteiger partial charge in [0, 0.05) is 6.92 Å². The monoisotopic (exact) mass is 273 g/mol. The Morgan fingerprint density at radius 2 is 1.68 bits per heavy atom.